The van der Waals surface area contributed by atoms with Crippen molar-refractivity contribution in [1.82, 2.24) is 0 Å². The second kappa shape index (κ2) is 9.59. The summed E-state index contributed by atoms with van der Waals surface area (Å²) in [4.78, 5) is 11.1. The van der Waals surface area contributed by atoms with Gasteiger partial charge in [-0.25, -0.2) is 0 Å². The van der Waals surface area contributed by atoms with Crippen LogP contribution >= 0.6 is 27.7 Å². The topological polar surface area (TPSA) is 17.1 Å². The van der Waals surface area contributed by atoms with Crippen molar-refractivity contribution in [3.8, 4) is 0 Å². The molecule has 0 unspecified atom stereocenters. The van der Waals surface area contributed by atoms with Crippen LogP contribution in [0.2, 0.25) is 0 Å². The van der Waals surface area contributed by atoms with E-state index in [0.29, 0.717) is 5.12 Å². The summed E-state index contributed by atoms with van der Waals surface area (Å²) in [5.41, 5.74) is 0. The van der Waals surface area contributed by atoms with Gasteiger partial charge in [0.1, 0.15) is 0 Å². The molecule has 0 amide bonds. The van der Waals surface area contributed by atoms with Gasteiger partial charge < -0.3 is 0 Å². The highest BCUT2D eigenvalue weighted by Crippen LogP contribution is 2.11. The molecule has 0 aromatic rings. The van der Waals surface area contributed by atoms with Gasteiger partial charge in [0.15, 0.2) is 5.12 Å². The van der Waals surface area contributed by atoms with Gasteiger partial charge in [-0.3, -0.25) is 4.79 Å². The summed E-state index contributed by atoms with van der Waals surface area (Å²) in [7, 11) is 0. The summed E-state index contributed by atoms with van der Waals surface area (Å²) in [6.45, 7) is 2.18. The number of unbranched alkanes of at least 4 members (excludes halogenated alkanes) is 2. The quantitative estimate of drug-likeness (QED) is 0.509. The Bertz CT molecular complexity index is 117. The van der Waals surface area contributed by atoms with Crippen LogP contribution in [0.5, 0.6) is 0 Å². The van der Waals surface area contributed by atoms with Gasteiger partial charge in [-0.1, -0.05) is 47.5 Å². The second-order valence-electron chi connectivity index (χ2n) is 2.72. The molecule has 0 heterocycles. The van der Waals surface area contributed by atoms with Crippen LogP contribution in [-0.2, 0) is 4.79 Å². The third-order valence-electron chi connectivity index (χ3n) is 1.53. The molecule has 0 bridgehead atoms. The van der Waals surface area contributed by atoms with Crippen molar-refractivity contribution in [1.29, 1.82) is 0 Å². The molecule has 0 aliphatic carbocycles. The number of alkyl halides is 1. The lowest BCUT2D eigenvalue weighted by Gasteiger charge is -1.98. The van der Waals surface area contributed by atoms with E-state index in [4.69, 9.17) is 0 Å². The van der Waals surface area contributed by atoms with Gasteiger partial charge in [0.2, 0.25) is 0 Å². The van der Waals surface area contributed by atoms with E-state index in [9.17, 15) is 4.79 Å². The van der Waals surface area contributed by atoms with Crippen LogP contribution in [0.15, 0.2) is 0 Å². The van der Waals surface area contributed by atoms with E-state index in [1.165, 1.54) is 31.0 Å². The lowest BCUT2D eigenvalue weighted by Crippen LogP contribution is -1.93. The van der Waals surface area contributed by atoms with E-state index in [1.807, 2.05) is 0 Å². The first-order valence-corrected chi connectivity index (χ1v) is 6.63. The van der Waals surface area contributed by atoms with Crippen LogP contribution in [0.4, 0.5) is 0 Å². The number of carbonyl (C=O) groups excluding carboxylic acids is 1. The smallest absolute Gasteiger partial charge is 0.188 e. The van der Waals surface area contributed by atoms with Gasteiger partial charge in [0.25, 0.3) is 0 Å². The Morgan fingerprint density at radius 3 is 2.67 bits per heavy atom. The van der Waals surface area contributed by atoms with Gasteiger partial charge in [-0.05, 0) is 12.8 Å². The summed E-state index contributed by atoms with van der Waals surface area (Å²) >= 11 is 4.81. The molecule has 0 fully saturated rings. The Balaban J connectivity index is 3.08. The molecule has 0 rings (SSSR count). The molecule has 72 valence electrons. The van der Waals surface area contributed by atoms with Gasteiger partial charge >= 0.3 is 0 Å². The van der Waals surface area contributed by atoms with Crippen LogP contribution < -0.4 is 0 Å². The van der Waals surface area contributed by atoms with Crippen LogP contribution in [0.1, 0.15) is 39.0 Å². The zero-order valence-electron chi connectivity index (χ0n) is 7.64. The maximum atomic E-state index is 11.1. The molecule has 0 radical (unpaired) electrons. The fourth-order valence-corrected chi connectivity index (χ4v) is 1.97. The summed E-state index contributed by atoms with van der Waals surface area (Å²) in [5.74, 6) is 1.01. The highest BCUT2D eigenvalue weighted by atomic mass is 79.9. The molecule has 0 aliphatic heterocycles. The maximum absolute atomic E-state index is 11.1. The number of thioether (sulfide) groups is 1. The van der Waals surface area contributed by atoms with E-state index < -0.39 is 0 Å². The average Bonchev–Trinajstić information content (AvgIpc) is 2.09. The van der Waals surface area contributed by atoms with Crippen LogP contribution in [-0.4, -0.2) is 16.2 Å². The van der Waals surface area contributed by atoms with E-state index in [2.05, 4.69) is 22.9 Å². The first-order valence-electron chi connectivity index (χ1n) is 4.52. The Morgan fingerprint density at radius 2 is 2.08 bits per heavy atom. The van der Waals surface area contributed by atoms with Gasteiger partial charge in [-0.15, -0.1) is 0 Å². The zero-order valence-corrected chi connectivity index (χ0v) is 10.0. The normalized spacial score (nSPS) is 10.2. The van der Waals surface area contributed by atoms with Crippen molar-refractivity contribution in [2.75, 3.05) is 11.1 Å². The standard InChI is InChI=1S/C9H17BrOS/c1-2-3-4-8-12-9(11)6-5-7-10/h2-8H2,1H3. The molecule has 0 aromatic carbocycles. The van der Waals surface area contributed by atoms with Crippen LogP contribution in [0, 0.1) is 0 Å². The van der Waals surface area contributed by atoms with E-state index >= 15 is 0 Å². The maximum Gasteiger partial charge on any atom is 0.188 e. The molecular weight excluding hydrogens is 236 g/mol. The molecule has 0 N–H and O–H groups in total. The first-order chi connectivity index (χ1) is 5.81. The molecule has 0 aliphatic rings. The van der Waals surface area contributed by atoms with Crippen molar-refractivity contribution in [3.05, 3.63) is 0 Å². The van der Waals surface area contributed by atoms with Crippen molar-refractivity contribution in [2.45, 2.75) is 39.0 Å². The minimum absolute atomic E-state index is 0.352. The molecular formula is C9H17BrOS. The molecule has 0 saturated heterocycles. The van der Waals surface area contributed by atoms with Gasteiger partial charge in [0.05, 0.1) is 0 Å². The number of rotatable bonds is 7. The number of hydrogen-bond donors (Lipinski definition) is 0. The number of carbonyl (C=O) groups is 1. The van der Waals surface area contributed by atoms with E-state index in [1.54, 1.807) is 0 Å². The summed E-state index contributed by atoms with van der Waals surface area (Å²) < 4.78 is 0. The minimum atomic E-state index is 0.352. The Hall–Kier alpha value is 0.500. The molecule has 0 atom stereocenters. The molecule has 0 aromatic heterocycles. The predicted molar refractivity (Wildman–Crippen MR) is 60.0 cm³/mol. The fourth-order valence-electron chi connectivity index (χ4n) is 0.821. The van der Waals surface area contributed by atoms with Crippen LogP contribution in [0.3, 0.4) is 0 Å². The highest BCUT2D eigenvalue weighted by Gasteiger charge is 2.00. The molecule has 12 heavy (non-hydrogen) atoms. The first kappa shape index (κ1) is 12.5. The summed E-state index contributed by atoms with van der Waals surface area (Å²) in [5, 5.41) is 1.29. The van der Waals surface area contributed by atoms with Crippen molar-refractivity contribution in [2.24, 2.45) is 0 Å². The van der Waals surface area contributed by atoms with Crippen molar-refractivity contribution in [3.63, 3.8) is 0 Å². The largest absolute Gasteiger partial charge is 0.287 e. The molecule has 1 nitrogen and oxygen atoms in total. The zero-order chi connectivity index (χ0) is 9.23. The average molecular weight is 253 g/mol. The molecule has 0 spiro atoms. The van der Waals surface area contributed by atoms with Crippen molar-refractivity contribution < 1.29 is 4.79 Å². The second-order valence-corrected chi connectivity index (χ2v) is 4.67. The SMILES string of the molecule is CCCCCSC(=O)CCCBr. The van der Waals surface area contributed by atoms with E-state index in [-0.39, 0.29) is 0 Å². The Kier molecular flexibility index (Phi) is 9.99. The van der Waals surface area contributed by atoms with E-state index in [0.717, 1.165) is 23.9 Å². The third-order valence-corrected chi connectivity index (χ3v) is 3.11. The Morgan fingerprint density at radius 1 is 1.33 bits per heavy atom. The van der Waals surface area contributed by atoms with Crippen molar-refractivity contribution >= 4 is 32.8 Å². The predicted octanol–water partition coefficient (Wildman–Crippen LogP) is 3.61. The Labute approximate surface area is 87.8 Å². The minimum Gasteiger partial charge on any atom is -0.287 e. The molecule has 3 heteroatoms. The monoisotopic (exact) mass is 252 g/mol. The highest BCUT2D eigenvalue weighted by molar-refractivity contribution is 9.09. The van der Waals surface area contributed by atoms with Gasteiger partial charge in [0, 0.05) is 17.5 Å². The van der Waals surface area contributed by atoms with Crippen LogP contribution in [0.25, 0.3) is 0 Å². The summed E-state index contributed by atoms with van der Waals surface area (Å²) in [6, 6.07) is 0. The number of halogens is 1. The lowest BCUT2D eigenvalue weighted by atomic mass is 10.3. The number of hydrogen-bond acceptors (Lipinski definition) is 2. The fraction of sp³-hybridized carbons (Fsp3) is 0.889. The third kappa shape index (κ3) is 8.60. The lowest BCUT2D eigenvalue weighted by molar-refractivity contribution is -0.110. The summed E-state index contributed by atoms with van der Waals surface area (Å²) in [6.07, 6.45) is 5.36. The van der Waals surface area contributed by atoms with Gasteiger partial charge in [-0.2, -0.15) is 0 Å². The molecule has 0 saturated carbocycles.